The molecule has 2 aromatic rings. The molecule has 0 aliphatic rings. The molecule has 0 amide bonds. The molecule has 17 heavy (non-hydrogen) atoms. The van der Waals surface area contributed by atoms with E-state index in [0.29, 0.717) is 0 Å². The molecule has 0 spiro atoms. The summed E-state index contributed by atoms with van der Waals surface area (Å²) in [5, 5.41) is 0. The Morgan fingerprint density at radius 1 is 0.706 bits per heavy atom. The highest BCUT2D eigenvalue weighted by molar-refractivity contribution is 7.58. The molecule has 0 atom stereocenters. The van der Waals surface area contributed by atoms with E-state index < -0.39 is 0 Å². The van der Waals surface area contributed by atoms with Gasteiger partial charge >= 0.3 is 0 Å². The molecule has 0 saturated carbocycles. The predicted molar refractivity (Wildman–Crippen MR) is 77.0 cm³/mol. The van der Waals surface area contributed by atoms with E-state index in [4.69, 9.17) is 12.6 Å². The van der Waals surface area contributed by atoms with Crippen LogP contribution in [0.25, 0.3) is 11.1 Å². The standard InChI is InChI=1S/C16H18S/c17-13-5-4-6-14-9-11-16(12-10-14)15-7-2-1-3-8-15/h1-3,7-12,17H,4-6,13H2/p-1. The van der Waals surface area contributed by atoms with E-state index in [9.17, 15) is 0 Å². The maximum atomic E-state index is 4.95. The first kappa shape index (κ1) is 12.3. The molecule has 0 aromatic heterocycles. The summed E-state index contributed by atoms with van der Waals surface area (Å²) in [7, 11) is 0. The number of benzene rings is 2. The van der Waals surface area contributed by atoms with Crippen molar-refractivity contribution in [1.29, 1.82) is 0 Å². The summed E-state index contributed by atoms with van der Waals surface area (Å²) < 4.78 is 0. The topological polar surface area (TPSA) is 0 Å². The Bertz CT molecular complexity index is 431. The molecule has 0 N–H and O–H groups in total. The molecular formula is C16H17S-. The fourth-order valence-corrected chi connectivity index (χ4v) is 2.13. The molecule has 2 rings (SSSR count). The summed E-state index contributed by atoms with van der Waals surface area (Å²) in [5.41, 5.74) is 3.98. The van der Waals surface area contributed by atoms with Gasteiger partial charge < -0.3 is 12.6 Å². The van der Waals surface area contributed by atoms with Gasteiger partial charge in [0.25, 0.3) is 0 Å². The number of hydrogen-bond donors (Lipinski definition) is 0. The SMILES string of the molecule is [S-]CCCCc1ccc(-c2ccccc2)cc1. The van der Waals surface area contributed by atoms with Crippen LogP contribution in [0.1, 0.15) is 18.4 Å². The van der Waals surface area contributed by atoms with Gasteiger partial charge in [0.05, 0.1) is 0 Å². The summed E-state index contributed by atoms with van der Waals surface area (Å²) in [6.07, 6.45) is 3.50. The van der Waals surface area contributed by atoms with E-state index in [1.54, 1.807) is 0 Å². The summed E-state index contributed by atoms with van der Waals surface area (Å²) in [6, 6.07) is 19.4. The lowest BCUT2D eigenvalue weighted by Crippen LogP contribution is -1.87. The first-order chi connectivity index (χ1) is 8.40. The van der Waals surface area contributed by atoms with Crippen LogP contribution >= 0.6 is 0 Å². The second kappa shape index (κ2) is 6.51. The van der Waals surface area contributed by atoms with Crippen molar-refractivity contribution in [3.8, 4) is 11.1 Å². The highest BCUT2D eigenvalue weighted by Crippen LogP contribution is 2.19. The summed E-state index contributed by atoms with van der Waals surface area (Å²) >= 11 is 4.95. The van der Waals surface area contributed by atoms with Crippen molar-refractivity contribution >= 4 is 12.6 Å². The lowest BCUT2D eigenvalue weighted by Gasteiger charge is -2.06. The van der Waals surface area contributed by atoms with Crippen LogP contribution in [0, 0.1) is 0 Å². The molecule has 0 heterocycles. The van der Waals surface area contributed by atoms with Crippen LogP contribution in [-0.4, -0.2) is 5.75 Å². The third kappa shape index (κ3) is 3.64. The number of aryl methyl sites for hydroxylation is 1. The van der Waals surface area contributed by atoms with Crippen LogP contribution in [0.5, 0.6) is 0 Å². The summed E-state index contributed by atoms with van der Waals surface area (Å²) in [5.74, 6) is 0.877. The third-order valence-electron chi connectivity index (χ3n) is 2.92. The van der Waals surface area contributed by atoms with Crippen LogP contribution in [0.15, 0.2) is 54.6 Å². The number of hydrogen-bond acceptors (Lipinski definition) is 1. The fraction of sp³-hybridized carbons (Fsp3) is 0.250. The van der Waals surface area contributed by atoms with Crippen molar-refractivity contribution in [2.24, 2.45) is 0 Å². The van der Waals surface area contributed by atoms with Gasteiger partial charge in [0.15, 0.2) is 0 Å². The summed E-state index contributed by atoms with van der Waals surface area (Å²) in [6.45, 7) is 0. The van der Waals surface area contributed by atoms with Crippen LogP contribution in [-0.2, 0) is 19.0 Å². The fourth-order valence-electron chi connectivity index (χ4n) is 1.93. The van der Waals surface area contributed by atoms with Crippen LogP contribution in [0.4, 0.5) is 0 Å². The molecule has 0 bridgehead atoms. The van der Waals surface area contributed by atoms with Crippen molar-refractivity contribution in [2.75, 3.05) is 5.75 Å². The minimum Gasteiger partial charge on any atom is -0.793 e. The lowest BCUT2D eigenvalue weighted by molar-refractivity contribution is 0.804. The van der Waals surface area contributed by atoms with Gasteiger partial charge in [0, 0.05) is 0 Å². The smallest absolute Gasteiger partial charge is 0.0184 e. The predicted octanol–water partition coefficient (Wildman–Crippen LogP) is 4.22. The maximum Gasteiger partial charge on any atom is -0.0184 e. The van der Waals surface area contributed by atoms with E-state index in [0.717, 1.165) is 18.6 Å². The molecule has 0 aliphatic heterocycles. The highest BCUT2D eigenvalue weighted by Gasteiger charge is 1.97. The van der Waals surface area contributed by atoms with Gasteiger partial charge in [0.1, 0.15) is 0 Å². The van der Waals surface area contributed by atoms with Gasteiger partial charge in [-0.15, -0.1) is 0 Å². The zero-order valence-electron chi connectivity index (χ0n) is 9.93. The van der Waals surface area contributed by atoms with Gasteiger partial charge in [-0.2, -0.15) is 5.75 Å². The molecule has 0 nitrogen and oxygen atoms in total. The second-order valence-electron chi connectivity index (χ2n) is 4.22. The number of rotatable bonds is 5. The van der Waals surface area contributed by atoms with E-state index in [-0.39, 0.29) is 0 Å². The van der Waals surface area contributed by atoms with Crippen LogP contribution in [0.3, 0.4) is 0 Å². The highest BCUT2D eigenvalue weighted by atomic mass is 32.1. The maximum absolute atomic E-state index is 4.95. The molecule has 0 fully saturated rings. The summed E-state index contributed by atoms with van der Waals surface area (Å²) in [4.78, 5) is 0. The van der Waals surface area contributed by atoms with Crippen molar-refractivity contribution in [1.82, 2.24) is 0 Å². The minimum atomic E-state index is 0.877. The molecule has 0 aliphatic carbocycles. The van der Waals surface area contributed by atoms with Gasteiger partial charge in [-0.1, -0.05) is 67.4 Å². The van der Waals surface area contributed by atoms with Gasteiger partial charge in [-0.25, -0.2) is 0 Å². The van der Waals surface area contributed by atoms with Gasteiger partial charge in [0.2, 0.25) is 0 Å². The molecule has 0 saturated heterocycles. The lowest BCUT2D eigenvalue weighted by atomic mass is 10.0. The van der Waals surface area contributed by atoms with Crippen molar-refractivity contribution < 1.29 is 0 Å². The van der Waals surface area contributed by atoms with Crippen LogP contribution < -0.4 is 0 Å². The Labute approximate surface area is 109 Å². The largest absolute Gasteiger partial charge is 0.793 e. The average Bonchev–Trinajstić information content (AvgIpc) is 2.41. The molecule has 1 heteroatoms. The first-order valence-electron chi connectivity index (χ1n) is 6.12. The van der Waals surface area contributed by atoms with Crippen molar-refractivity contribution in [3.05, 3.63) is 60.2 Å². The Kier molecular flexibility index (Phi) is 4.69. The van der Waals surface area contributed by atoms with Gasteiger partial charge in [-0.05, 0) is 23.1 Å². The Hall–Kier alpha value is -1.21. The normalized spacial score (nSPS) is 10.4. The van der Waals surface area contributed by atoms with E-state index in [1.165, 1.54) is 23.1 Å². The molecule has 0 radical (unpaired) electrons. The van der Waals surface area contributed by atoms with E-state index in [1.807, 2.05) is 6.07 Å². The van der Waals surface area contributed by atoms with Crippen molar-refractivity contribution in [3.63, 3.8) is 0 Å². The third-order valence-corrected chi connectivity index (χ3v) is 3.21. The quantitative estimate of drug-likeness (QED) is 0.558. The first-order valence-corrected chi connectivity index (χ1v) is 6.70. The molecule has 2 aromatic carbocycles. The van der Waals surface area contributed by atoms with Crippen molar-refractivity contribution in [2.45, 2.75) is 19.3 Å². The number of unbranched alkanes of at least 4 members (excludes halogenated alkanes) is 1. The monoisotopic (exact) mass is 241 g/mol. The average molecular weight is 241 g/mol. The van der Waals surface area contributed by atoms with Crippen LogP contribution in [0.2, 0.25) is 0 Å². The second-order valence-corrected chi connectivity index (χ2v) is 4.63. The zero-order chi connectivity index (χ0) is 11.9. The van der Waals surface area contributed by atoms with E-state index >= 15 is 0 Å². The zero-order valence-corrected chi connectivity index (χ0v) is 10.7. The molecular weight excluding hydrogens is 224 g/mol. The van der Waals surface area contributed by atoms with Gasteiger partial charge in [-0.3, -0.25) is 0 Å². The Balaban J connectivity index is 2.03. The Morgan fingerprint density at radius 2 is 1.35 bits per heavy atom. The molecule has 0 unspecified atom stereocenters. The minimum absolute atomic E-state index is 0.877. The van der Waals surface area contributed by atoms with E-state index in [2.05, 4.69) is 48.5 Å². The Morgan fingerprint density at radius 3 is 2.00 bits per heavy atom. The molecule has 88 valence electrons.